The minimum Gasteiger partial charge on any atom is -0.481 e. The number of methoxy groups -OCH3 is 1. The molecule has 4 aliphatic rings. The van der Waals surface area contributed by atoms with E-state index in [1.54, 1.807) is 37.3 Å². The van der Waals surface area contributed by atoms with Gasteiger partial charge in [0.15, 0.2) is 29.5 Å². The first-order valence-electron chi connectivity index (χ1n) is 33.7. The molecule has 13 unspecified atom stereocenters. The predicted octanol–water partition coefficient (Wildman–Crippen LogP) is -0.669. The van der Waals surface area contributed by atoms with Crippen molar-refractivity contribution < 1.29 is 112 Å². The van der Waals surface area contributed by atoms with Gasteiger partial charge in [0.05, 0.1) is 50.9 Å². The van der Waals surface area contributed by atoms with E-state index < -0.39 is 168 Å². The highest BCUT2D eigenvalue weighted by molar-refractivity contribution is 8.76. The van der Waals surface area contributed by atoms with Crippen LogP contribution in [0.15, 0.2) is 64.1 Å². The van der Waals surface area contributed by atoms with Crippen molar-refractivity contribution in [2.24, 2.45) is 45.5 Å². The number of amides is 6. The summed E-state index contributed by atoms with van der Waals surface area (Å²) in [4.78, 5) is 205. The molecule has 2 heterocycles. The molecule has 13 atom stereocenters. The van der Waals surface area contributed by atoms with Crippen molar-refractivity contribution in [3.63, 3.8) is 0 Å². The Morgan fingerprint density at radius 2 is 1.38 bits per heavy atom. The van der Waals surface area contributed by atoms with Crippen LogP contribution in [0.1, 0.15) is 121 Å². The van der Waals surface area contributed by atoms with E-state index in [1.807, 2.05) is 13.0 Å². The molecule has 108 heavy (non-hydrogen) atoms. The lowest BCUT2D eigenvalue weighted by atomic mass is 9.49. The molecule has 0 saturated heterocycles. The van der Waals surface area contributed by atoms with Gasteiger partial charge >= 0.3 is 36.0 Å². The number of aliphatic imine (C=N–C) groups is 1. The van der Waals surface area contributed by atoms with Crippen LogP contribution in [0, 0.1) is 29.1 Å². The Hall–Kier alpha value is -10.8. The van der Waals surface area contributed by atoms with Crippen molar-refractivity contribution in [1.82, 2.24) is 51.8 Å². The molecule has 4 aliphatic carbocycles. The highest BCUT2D eigenvalue weighted by atomic mass is 33.1. The number of rotatable bonds is 37. The number of allylic oxidation sites excluding steroid dienone is 4. The number of carbonyl (C=O) groups is 14. The van der Waals surface area contributed by atoms with Crippen molar-refractivity contribution in [2.45, 2.75) is 160 Å². The number of carboxylic acid groups (broad SMARTS) is 4. The number of H-pyrrole nitrogens is 1. The summed E-state index contributed by atoms with van der Waals surface area (Å²) in [5, 5.41) is 77.6. The van der Waals surface area contributed by atoms with Gasteiger partial charge in [-0.25, -0.2) is 24.4 Å². The quantitative estimate of drug-likeness (QED) is 0.0112. The number of ether oxygens (including phenoxy) is 3. The number of nitrogen functional groups attached to an aromatic ring is 1. The second-order valence-corrected chi connectivity index (χ2v) is 28.2. The summed E-state index contributed by atoms with van der Waals surface area (Å²) < 4.78 is 14.7. The number of carbonyl (C=O) groups excluding carboxylic acids is 10. The molecule has 0 radical (unpaired) electrons. The summed E-state index contributed by atoms with van der Waals surface area (Å²) in [5.74, 6) is -15.4. The normalized spacial score (nSPS) is 21.0. The zero-order valence-corrected chi connectivity index (χ0v) is 60.2. The molecule has 6 amide bonds. The lowest BCUT2D eigenvalue weighted by Gasteiger charge is -2.56. The van der Waals surface area contributed by atoms with Gasteiger partial charge in [-0.1, -0.05) is 61.4 Å². The molecule has 39 nitrogen and oxygen atoms in total. The first-order chi connectivity index (χ1) is 50.6. The van der Waals surface area contributed by atoms with Crippen molar-refractivity contribution >= 4 is 133 Å². The average molecular weight is 1550 g/mol. The molecule has 20 N–H and O–H groups in total. The van der Waals surface area contributed by atoms with Crippen LogP contribution in [0.5, 0.6) is 0 Å². The monoisotopic (exact) mass is 1550 g/mol. The van der Waals surface area contributed by atoms with Gasteiger partial charge in [-0.2, -0.15) is 4.98 Å². The van der Waals surface area contributed by atoms with Crippen LogP contribution in [0.2, 0.25) is 0 Å². The van der Waals surface area contributed by atoms with E-state index in [9.17, 15) is 97.5 Å². The van der Waals surface area contributed by atoms with Crippen molar-refractivity contribution in [1.29, 1.82) is 0 Å². The fourth-order valence-electron chi connectivity index (χ4n) is 13.0. The van der Waals surface area contributed by atoms with E-state index in [0.29, 0.717) is 42.6 Å². The van der Waals surface area contributed by atoms with Crippen LogP contribution in [-0.2, 0) is 78.3 Å². The zero-order chi connectivity index (χ0) is 79.0. The Bertz CT molecular complexity index is 3990. The number of aromatic amines is 1. The maximum Gasteiger partial charge on any atom is 0.508 e. The topological polar surface area (TPSA) is 634 Å². The van der Waals surface area contributed by atoms with E-state index in [0.717, 1.165) is 34.3 Å². The van der Waals surface area contributed by atoms with Crippen molar-refractivity contribution in [3.05, 3.63) is 75.9 Å². The fraction of sp³-hybridized carbons (Fsp3) is 0.537. The Kier molecular flexibility index (Phi) is 33.2. The summed E-state index contributed by atoms with van der Waals surface area (Å²) in [5.41, 5.74) is 16.1. The first kappa shape index (κ1) is 87.8. The largest absolute Gasteiger partial charge is 0.508 e. The number of hydrogen-bond donors (Lipinski definition) is 17. The number of ketones is 2. The number of benzene rings is 1. The molecule has 0 spiro atoms. The third-order valence-corrected chi connectivity index (χ3v) is 20.7. The molecule has 3 aromatic rings. The molecule has 2 aromatic heterocycles. The number of anilines is 2. The van der Waals surface area contributed by atoms with Crippen molar-refractivity contribution in [2.75, 3.05) is 49.4 Å². The number of aliphatic hydroxyl groups is 2. The fourth-order valence-corrected chi connectivity index (χ4v) is 15.0. The van der Waals surface area contributed by atoms with Gasteiger partial charge in [-0.3, -0.25) is 67.5 Å². The lowest BCUT2D eigenvalue weighted by Crippen LogP contribution is -2.59. The summed E-state index contributed by atoms with van der Waals surface area (Å²) >= 11 is 0. The Morgan fingerprint density at radius 3 is 1.98 bits per heavy atom. The Morgan fingerprint density at radius 1 is 0.769 bits per heavy atom. The summed E-state index contributed by atoms with van der Waals surface area (Å²) in [6, 6.07) is -3.35. The molecule has 0 bridgehead atoms. The number of nitrogens with two attached hydrogens (primary N) is 3. The molecule has 3 saturated carbocycles. The van der Waals surface area contributed by atoms with Gasteiger partial charge < -0.3 is 99.3 Å². The van der Waals surface area contributed by atoms with Gasteiger partial charge in [0, 0.05) is 53.0 Å². The molecule has 41 heteroatoms. The van der Waals surface area contributed by atoms with Crippen LogP contribution >= 0.6 is 21.6 Å². The van der Waals surface area contributed by atoms with Crippen molar-refractivity contribution in [3.8, 4) is 0 Å². The van der Waals surface area contributed by atoms with Crippen LogP contribution < -0.4 is 60.0 Å². The molecule has 3 fully saturated rings. The number of aromatic nitrogens is 4. The predicted molar refractivity (Wildman–Crippen MR) is 386 cm³/mol. The lowest BCUT2D eigenvalue weighted by molar-refractivity contribution is -0.155. The van der Waals surface area contributed by atoms with Crippen LogP contribution in [0.25, 0.3) is 11.2 Å². The van der Waals surface area contributed by atoms with E-state index in [1.165, 1.54) is 19.2 Å². The highest BCUT2D eigenvalue weighted by Gasteiger charge is 2.62. The second-order valence-electron chi connectivity index (χ2n) is 25.5. The van der Waals surface area contributed by atoms with Gasteiger partial charge in [0.25, 0.3) is 11.5 Å². The second kappa shape index (κ2) is 40.8. The van der Waals surface area contributed by atoms with Gasteiger partial charge in [-0.15, -0.1) is 0 Å². The van der Waals surface area contributed by atoms with E-state index >= 15 is 0 Å². The van der Waals surface area contributed by atoms with E-state index in [2.05, 4.69) is 66.9 Å². The number of carboxylic acids is 4. The molecule has 0 aliphatic heterocycles. The van der Waals surface area contributed by atoms with Crippen LogP contribution in [0.4, 0.5) is 16.4 Å². The summed E-state index contributed by atoms with van der Waals surface area (Å²) in [6.07, 6.45) is 3.42. The molecule has 1 aromatic carbocycles. The minimum absolute atomic E-state index is 0. The number of guanidine groups is 1. The van der Waals surface area contributed by atoms with E-state index in [-0.39, 0.29) is 117 Å². The van der Waals surface area contributed by atoms with Gasteiger partial charge in [0.2, 0.25) is 41.3 Å². The Labute approximate surface area is 625 Å². The molecular weight excluding hydrogens is 1460 g/mol. The smallest absolute Gasteiger partial charge is 0.481 e. The van der Waals surface area contributed by atoms with Gasteiger partial charge in [-0.05, 0) is 99.6 Å². The zero-order valence-electron chi connectivity index (χ0n) is 58.6. The number of hydrogen-bond acceptors (Lipinski definition) is 28. The third kappa shape index (κ3) is 24.6. The maximum atomic E-state index is 13.6. The van der Waals surface area contributed by atoms with Crippen LogP contribution in [-0.4, -0.2) is 226 Å². The Balaban J connectivity index is 0.000000577. The van der Waals surface area contributed by atoms with E-state index in [4.69, 9.17) is 31.8 Å². The number of fused-ring (bicyclic) bond motifs is 6. The SMILES string of the molecule is C.CCC(=O)NC(CC(=O)O)C(=O)NC(CCCN=C(N)N)C(=O)NC(CC(=O)O)C(=O)NC(CC(=O)OC)C(=O)NC(CSSCCOC(=O)OCC(=O)C1(O)CCC2C3CCC4=CC(=O)C=CC4(C)C3C(O)CC21)C(=O)O.CCC(NC(=O)c1ccc(NCc2cnc3nc(N)[nH]c(=O)c3n2)cc1)C(=O)O. The highest BCUT2D eigenvalue weighted by Crippen LogP contribution is 2.62. The molecular formula is C67H91N15O24S2. The van der Waals surface area contributed by atoms with Gasteiger partial charge in [0.1, 0.15) is 48.5 Å². The number of nitrogens with one attached hydrogen (secondary N) is 8. The molecule has 590 valence electrons. The first-order valence-corrected chi connectivity index (χ1v) is 36.2. The third-order valence-electron chi connectivity index (χ3n) is 18.4. The maximum absolute atomic E-state index is 13.6. The standard InChI is InChI=1S/C48H68N8O20S2.C18H19N7O4.CH4/c1-4-35(60)52-29(18-36(61)62)41(67)53-28(6-5-13-51-45(49)50)40(66)54-30(19-37(63)64)42(68)55-31(20-38(65)74-3)43(69)56-32(44(70)71)22-78-77-15-14-75-46(72)76-21-34(59)48(73)12-10-25-26-8-7-23-16-24(57)9-11-47(23,2)39(26)33(58)17-27(25)48;1-2-12(17(28)29)23-15(26)9-3-5-10(6-4-9)20-7-11-8-21-14-13(22-11)16(27)25-18(19)24-14;/h9,11,16,25-33,39,58,73H,4-8,10,12-15,17-22H2,1-3H3,(H,52,60)(H,53,67)(H,54,66)(H,55,68)(H,56,69)(H,61,62)(H,63,64)(H,70,71)(H4,49,50,51);3-6,8,12,20H,2,7H2,1H3,(H,23,26)(H,28,29)(H3,19,21,24,25,27);1H4. The number of nitrogens with zero attached hydrogens (tertiary/aromatic N) is 4. The summed E-state index contributed by atoms with van der Waals surface area (Å²) in [6.45, 7) is 4.23. The van der Waals surface area contributed by atoms with Crippen LogP contribution in [0.3, 0.4) is 0 Å². The average Bonchev–Trinajstić information content (AvgIpc) is 1.39. The minimum atomic E-state index is -2.03. The molecule has 7 rings (SSSR count). The summed E-state index contributed by atoms with van der Waals surface area (Å²) in [7, 11) is 2.83. The number of aliphatic hydroxyl groups excluding tert-OH is 1. The number of Topliss-reactive ketones (excluding diaryl/α,β-unsaturated/α-hetero) is 1. The number of esters is 1. The number of aliphatic carboxylic acids is 4.